The van der Waals surface area contributed by atoms with E-state index < -0.39 is 23.5 Å². The highest BCUT2D eigenvalue weighted by molar-refractivity contribution is 6.12. The number of hydrogen-bond donors (Lipinski definition) is 0. The second-order valence-electron chi connectivity index (χ2n) is 15.5. The van der Waals surface area contributed by atoms with Gasteiger partial charge in [-0.2, -0.15) is 26.3 Å². The Morgan fingerprint density at radius 1 is 0.328 bits per heavy atom. The maximum Gasteiger partial charge on any atom is 0.416 e. The first-order valence-electron chi connectivity index (χ1n) is 20.3. The number of fused-ring (bicyclic) bond motifs is 6. The Hall–Kier alpha value is -8.05. The van der Waals surface area contributed by atoms with Crippen LogP contribution in [0.15, 0.2) is 188 Å². The van der Waals surface area contributed by atoms with E-state index in [4.69, 9.17) is 15.0 Å². The second-order valence-corrected chi connectivity index (χ2v) is 15.5. The van der Waals surface area contributed by atoms with Crippen molar-refractivity contribution >= 4 is 43.6 Å². The second kappa shape index (κ2) is 14.8. The van der Waals surface area contributed by atoms with Gasteiger partial charge in [-0.25, -0.2) is 15.0 Å². The van der Waals surface area contributed by atoms with Crippen LogP contribution in [0.4, 0.5) is 26.3 Å². The molecular formula is C53H31F6N5. The Morgan fingerprint density at radius 3 is 1.31 bits per heavy atom. The van der Waals surface area contributed by atoms with Crippen LogP contribution in [0, 0.1) is 0 Å². The number of alkyl halides is 6. The average Bonchev–Trinajstić information content (AvgIpc) is 3.83. The SMILES string of the molecule is FC(F)(F)c1cc(-c2ccc(-c3nc(-c4ccccc4)nc(-c4ccccc4)n3)c(-n3c4ccccc4c4cc(-n5c6ccccc6c6ccccc65)ccc43)c2)cc(C(F)(F)F)c1. The van der Waals surface area contributed by atoms with Crippen molar-refractivity contribution in [1.82, 2.24) is 24.1 Å². The third-order valence-electron chi connectivity index (χ3n) is 11.6. The topological polar surface area (TPSA) is 48.5 Å². The molecule has 8 aromatic carbocycles. The highest BCUT2D eigenvalue weighted by Crippen LogP contribution is 2.43. The summed E-state index contributed by atoms with van der Waals surface area (Å²) in [6.07, 6.45) is -10.1. The zero-order valence-corrected chi connectivity index (χ0v) is 33.4. The first-order valence-corrected chi connectivity index (χ1v) is 20.3. The Kier molecular flexibility index (Phi) is 8.98. The van der Waals surface area contributed by atoms with Crippen LogP contribution in [0.1, 0.15) is 11.1 Å². The highest BCUT2D eigenvalue weighted by Gasteiger charge is 2.37. The van der Waals surface area contributed by atoms with Crippen LogP contribution in [0.5, 0.6) is 0 Å². The Balaban J connectivity index is 1.21. The van der Waals surface area contributed by atoms with E-state index in [-0.39, 0.29) is 23.0 Å². The fourth-order valence-corrected chi connectivity index (χ4v) is 8.70. The molecule has 0 spiro atoms. The minimum atomic E-state index is -5.04. The van der Waals surface area contributed by atoms with Crippen LogP contribution in [0.25, 0.3) is 100 Å². The lowest BCUT2D eigenvalue weighted by molar-refractivity contribution is -0.143. The summed E-state index contributed by atoms with van der Waals surface area (Å²) in [6.45, 7) is 0. The Labute approximate surface area is 361 Å². The van der Waals surface area contributed by atoms with Crippen molar-refractivity contribution in [1.29, 1.82) is 0 Å². The molecule has 11 rings (SSSR count). The van der Waals surface area contributed by atoms with Gasteiger partial charge in [-0.15, -0.1) is 0 Å². The molecule has 310 valence electrons. The van der Waals surface area contributed by atoms with E-state index in [1.807, 2.05) is 126 Å². The van der Waals surface area contributed by atoms with Crippen molar-refractivity contribution < 1.29 is 26.3 Å². The van der Waals surface area contributed by atoms with Crippen LogP contribution >= 0.6 is 0 Å². The molecule has 5 nitrogen and oxygen atoms in total. The van der Waals surface area contributed by atoms with Gasteiger partial charge in [-0.05, 0) is 77.9 Å². The molecule has 0 saturated carbocycles. The first kappa shape index (κ1) is 38.8. The third-order valence-corrected chi connectivity index (χ3v) is 11.6. The van der Waals surface area contributed by atoms with E-state index in [1.54, 1.807) is 12.1 Å². The average molecular weight is 852 g/mol. The molecule has 0 atom stereocenters. The monoisotopic (exact) mass is 851 g/mol. The minimum absolute atomic E-state index is 0.129. The lowest BCUT2D eigenvalue weighted by Gasteiger charge is -2.18. The summed E-state index contributed by atoms with van der Waals surface area (Å²) in [6, 6.07) is 55.5. The van der Waals surface area contributed by atoms with Gasteiger partial charge in [-0.3, -0.25) is 0 Å². The van der Waals surface area contributed by atoms with Gasteiger partial charge < -0.3 is 9.13 Å². The highest BCUT2D eigenvalue weighted by atomic mass is 19.4. The number of halogens is 6. The quantitative estimate of drug-likeness (QED) is 0.157. The molecule has 0 fully saturated rings. The molecule has 0 saturated heterocycles. The van der Waals surface area contributed by atoms with Gasteiger partial charge >= 0.3 is 12.4 Å². The molecule has 0 bridgehead atoms. The molecule has 0 unspecified atom stereocenters. The summed E-state index contributed by atoms with van der Waals surface area (Å²) >= 11 is 0. The molecule has 3 heterocycles. The van der Waals surface area contributed by atoms with Crippen molar-refractivity contribution in [2.75, 3.05) is 0 Å². The Morgan fingerprint density at radius 2 is 0.781 bits per heavy atom. The van der Waals surface area contributed by atoms with Gasteiger partial charge in [0, 0.05) is 43.9 Å². The van der Waals surface area contributed by atoms with Crippen molar-refractivity contribution in [3.8, 4) is 56.7 Å². The summed E-state index contributed by atoms with van der Waals surface area (Å²) in [7, 11) is 0. The van der Waals surface area contributed by atoms with Crippen LogP contribution in [-0.2, 0) is 12.4 Å². The zero-order valence-electron chi connectivity index (χ0n) is 33.4. The fraction of sp³-hybridized carbons (Fsp3) is 0.0377. The molecule has 0 N–H and O–H groups in total. The van der Waals surface area contributed by atoms with Gasteiger partial charge in [0.05, 0.1) is 38.9 Å². The smallest absolute Gasteiger partial charge is 0.309 e. The van der Waals surface area contributed by atoms with E-state index in [0.717, 1.165) is 72.6 Å². The predicted molar refractivity (Wildman–Crippen MR) is 240 cm³/mol. The minimum Gasteiger partial charge on any atom is -0.309 e. The molecule has 3 aromatic heterocycles. The molecule has 0 aliphatic heterocycles. The van der Waals surface area contributed by atoms with E-state index in [2.05, 4.69) is 34.9 Å². The van der Waals surface area contributed by atoms with Crippen LogP contribution in [-0.4, -0.2) is 24.1 Å². The van der Waals surface area contributed by atoms with Gasteiger partial charge in [-0.1, -0.05) is 121 Å². The van der Waals surface area contributed by atoms with E-state index in [9.17, 15) is 26.3 Å². The molecule has 0 aliphatic rings. The number of rotatable bonds is 6. The number of nitrogens with zero attached hydrogens (tertiary/aromatic N) is 5. The number of para-hydroxylation sites is 3. The summed E-state index contributed by atoms with van der Waals surface area (Å²) in [5, 5.41) is 3.95. The number of benzene rings is 8. The molecule has 11 heteroatoms. The predicted octanol–water partition coefficient (Wildman–Crippen LogP) is 14.8. The van der Waals surface area contributed by atoms with Crippen molar-refractivity contribution in [3.05, 3.63) is 199 Å². The van der Waals surface area contributed by atoms with E-state index in [1.165, 1.54) is 6.07 Å². The summed E-state index contributed by atoms with van der Waals surface area (Å²) < 4.78 is 89.7. The van der Waals surface area contributed by atoms with Gasteiger partial charge in [0.25, 0.3) is 0 Å². The van der Waals surface area contributed by atoms with Crippen LogP contribution in [0.3, 0.4) is 0 Å². The maximum absolute atomic E-state index is 14.3. The zero-order chi connectivity index (χ0) is 43.7. The van der Waals surface area contributed by atoms with Crippen molar-refractivity contribution in [2.45, 2.75) is 12.4 Å². The van der Waals surface area contributed by atoms with Crippen molar-refractivity contribution in [3.63, 3.8) is 0 Å². The molecule has 0 aliphatic carbocycles. The number of hydrogen-bond acceptors (Lipinski definition) is 3. The fourth-order valence-electron chi connectivity index (χ4n) is 8.70. The van der Waals surface area contributed by atoms with E-state index >= 15 is 0 Å². The van der Waals surface area contributed by atoms with Crippen molar-refractivity contribution in [2.24, 2.45) is 0 Å². The van der Waals surface area contributed by atoms with Gasteiger partial charge in [0.15, 0.2) is 17.5 Å². The summed E-state index contributed by atoms with van der Waals surface area (Å²) in [5.74, 6) is 1.01. The number of aromatic nitrogens is 5. The largest absolute Gasteiger partial charge is 0.416 e. The lowest BCUT2D eigenvalue weighted by atomic mass is 9.97. The summed E-state index contributed by atoms with van der Waals surface area (Å²) in [4.78, 5) is 14.8. The lowest BCUT2D eigenvalue weighted by Crippen LogP contribution is -2.11. The third kappa shape index (κ3) is 6.64. The molecule has 0 radical (unpaired) electrons. The Bertz CT molecular complexity index is 3450. The maximum atomic E-state index is 14.3. The summed E-state index contributed by atoms with van der Waals surface area (Å²) in [5.41, 5.74) is 3.85. The molecular weight excluding hydrogens is 821 g/mol. The first-order chi connectivity index (χ1) is 31.0. The standard InChI is InChI=1S/C53H31F6N5/c54-52(55,56)36-27-35(28-37(30-36)53(57,58)59)34-23-25-42(51-61-49(32-13-3-1-4-14-32)60-50(62-51)33-15-5-2-6-16-33)48(29-34)64-46-22-12-9-19-41(46)43-31-38(24-26-47(43)64)63-44-20-10-7-17-39(44)40-18-8-11-21-45(40)63/h1-31H. The molecule has 0 amide bonds. The normalized spacial score (nSPS) is 12.2. The molecule has 11 aromatic rings. The van der Waals surface area contributed by atoms with Crippen LogP contribution in [0.2, 0.25) is 0 Å². The van der Waals surface area contributed by atoms with Gasteiger partial charge in [0.2, 0.25) is 0 Å². The van der Waals surface area contributed by atoms with Crippen LogP contribution < -0.4 is 0 Å². The van der Waals surface area contributed by atoms with E-state index in [0.29, 0.717) is 22.9 Å². The van der Waals surface area contributed by atoms with Gasteiger partial charge in [0.1, 0.15) is 0 Å². The molecule has 64 heavy (non-hydrogen) atoms.